The number of rotatable bonds is 3. The Hall–Kier alpha value is -2.07. The van der Waals surface area contributed by atoms with Gasteiger partial charge in [-0.25, -0.2) is 4.39 Å². The van der Waals surface area contributed by atoms with E-state index in [-0.39, 0.29) is 16.5 Å². The molecule has 0 atom stereocenters. The molecule has 3 nitrogen and oxygen atoms in total. The van der Waals surface area contributed by atoms with E-state index in [9.17, 15) is 9.18 Å². The third kappa shape index (κ3) is 3.88. The molecular formula is C19H20ClFN2O. The average molecular weight is 347 g/mol. The van der Waals surface area contributed by atoms with Crippen LogP contribution in [0, 0.1) is 11.7 Å². The van der Waals surface area contributed by atoms with Crippen LogP contribution < -0.4 is 10.2 Å². The molecule has 3 rings (SSSR count). The van der Waals surface area contributed by atoms with Crippen LogP contribution in [-0.2, 0) is 0 Å². The van der Waals surface area contributed by atoms with E-state index in [4.69, 9.17) is 11.6 Å². The maximum absolute atomic E-state index is 13.1. The van der Waals surface area contributed by atoms with Gasteiger partial charge < -0.3 is 10.2 Å². The molecule has 0 spiro atoms. The van der Waals surface area contributed by atoms with Crippen molar-refractivity contribution in [1.29, 1.82) is 0 Å². The van der Waals surface area contributed by atoms with Crippen LogP contribution in [0.1, 0.15) is 30.1 Å². The lowest BCUT2D eigenvalue weighted by Crippen LogP contribution is -2.32. The Bertz CT molecular complexity index is 725. The first kappa shape index (κ1) is 16.8. The van der Waals surface area contributed by atoms with Gasteiger partial charge in [0.25, 0.3) is 5.91 Å². The molecule has 1 fully saturated rings. The fraction of sp³-hybridized carbons (Fsp3) is 0.316. The number of piperidine rings is 1. The van der Waals surface area contributed by atoms with Gasteiger partial charge in [0, 0.05) is 24.5 Å². The van der Waals surface area contributed by atoms with Gasteiger partial charge in [-0.05, 0) is 61.2 Å². The molecule has 1 amide bonds. The van der Waals surface area contributed by atoms with E-state index >= 15 is 0 Å². The molecule has 126 valence electrons. The predicted octanol–water partition coefficient (Wildman–Crippen LogP) is 4.97. The van der Waals surface area contributed by atoms with Crippen molar-refractivity contribution in [2.75, 3.05) is 23.3 Å². The highest BCUT2D eigenvalue weighted by molar-refractivity contribution is 6.34. The highest BCUT2D eigenvalue weighted by Gasteiger charge is 2.16. The Labute approximate surface area is 146 Å². The van der Waals surface area contributed by atoms with Gasteiger partial charge in [0.05, 0.1) is 10.6 Å². The summed E-state index contributed by atoms with van der Waals surface area (Å²) in [6, 6.07) is 11.5. The van der Waals surface area contributed by atoms with Crippen molar-refractivity contribution >= 4 is 28.9 Å². The molecule has 0 aromatic heterocycles. The minimum Gasteiger partial charge on any atom is -0.372 e. The number of carbonyl (C=O) groups excluding carboxylic acids is 1. The first-order chi connectivity index (χ1) is 11.5. The number of amides is 1. The summed E-state index contributed by atoms with van der Waals surface area (Å²) < 4.78 is 13.1. The molecule has 1 N–H and O–H groups in total. The highest BCUT2D eigenvalue weighted by atomic mass is 35.5. The van der Waals surface area contributed by atoms with Crippen LogP contribution in [0.15, 0.2) is 42.5 Å². The van der Waals surface area contributed by atoms with E-state index in [1.165, 1.54) is 30.7 Å². The molecule has 0 radical (unpaired) electrons. The second-order valence-corrected chi connectivity index (χ2v) is 6.70. The van der Waals surface area contributed by atoms with Crippen molar-refractivity contribution in [3.05, 3.63) is 58.9 Å². The SMILES string of the molecule is CC1CCN(c2ccc(NC(=O)c3ccc(F)cc3Cl)cc2)CC1. The molecule has 0 aliphatic carbocycles. The monoisotopic (exact) mass is 346 g/mol. The second kappa shape index (κ2) is 7.22. The Kier molecular flexibility index (Phi) is 5.05. The summed E-state index contributed by atoms with van der Waals surface area (Å²) in [4.78, 5) is 14.6. The maximum Gasteiger partial charge on any atom is 0.257 e. The lowest BCUT2D eigenvalue weighted by atomic mass is 9.99. The van der Waals surface area contributed by atoms with Gasteiger partial charge in [-0.15, -0.1) is 0 Å². The van der Waals surface area contributed by atoms with E-state index in [2.05, 4.69) is 17.1 Å². The van der Waals surface area contributed by atoms with E-state index in [0.717, 1.165) is 25.1 Å². The smallest absolute Gasteiger partial charge is 0.257 e. The maximum atomic E-state index is 13.1. The van der Waals surface area contributed by atoms with Crippen molar-refractivity contribution in [2.24, 2.45) is 5.92 Å². The van der Waals surface area contributed by atoms with Gasteiger partial charge in [0.1, 0.15) is 5.82 Å². The standard InChI is InChI=1S/C19H20ClFN2O/c1-13-8-10-23(11-9-13)16-5-3-15(4-6-16)22-19(24)17-7-2-14(21)12-18(17)20/h2-7,12-13H,8-11H2,1H3,(H,22,24). The number of benzene rings is 2. The molecular weight excluding hydrogens is 327 g/mol. The zero-order valence-electron chi connectivity index (χ0n) is 13.6. The van der Waals surface area contributed by atoms with Crippen LogP contribution >= 0.6 is 11.6 Å². The van der Waals surface area contributed by atoms with Gasteiger partial charge in [-0.1, -0.05) is 18.5 Å². The van der Waals surface area contributed by atoms with Gasteiger partial charge in [-0.3, -0.25) is 4.79 Å². The molecule has 24 heavy (non-hydrogen) atoms. The van der Waals surface area contributed by atoms with E-state index in [0.29, 0.717) is 5.69 Å². The van der Waals surface area contributed by atoms with Crippen LogP contribution in [0.5, 0.6) is 0 Å². The van der Waals surface area contributed by atoms with Gasteiger partial charge >= 0.3 is 0 Å². The molecule has 1 saturated heterocycles. The second-order valence-electron chi connectivity index (χ2n) is 6.29. The fourth-order valence-corrected chi connectivity index (χ4v) is 3.15. The van der Waals surface area contributed by atoms with E-state index in [1.54, 1.807) is 0 Å². The van der Waals surface area contributed by atoms with Crippen molar-refractivity contribution in [3.63, 3.8) is 0 Å². The molecule has 2 aromatic carbocycles. The number of hydrogen-bond acceptors (Lipinski definition) is 2. The number of anilines is 2. The van der Waals surface area contributed by atoms with Gasteiger partial charge in [-0.2, -0.15) is 0 Å². The summed E-state index contributed by atoms with van der Waals surface area (Å²) in [6.45, 7) is 4.42. The Morgan fingerprint density at radius 2 is 1.83 bits per heavy atom. The lowest BCUT2D eigenvalue weighted by Gasteiger charge is -2.32. The van der Waals surface area contributed by atoms with Gasteiger partial charge in [0.15, 0.2) is 0 Å². The topological polar surface area (TPSA) is 32.3 Å². The molecule has 0 bridgehead atoms. The number of nitrogens with one attached hydrogen (secondary N) is 1. The van der Waals surface area contributed by atoms with Crippen LogP contribution in [0.2, 0.25) is 5.02 Å². The summed E-state index contributed by atoms with van der Waals surface area (Å²) in [5, 5.41) is 2.89. The van der Waals surface area contributed by atoms with Crippen LogP contribution in [0.25, 0.3) is 0 Å². The lowest BCUT2D eigenvalue weighted by molar-refractivity contribution is 0.102. The molecule has 1 heterocycles. The number of nitrogens with zero attached hydrogens (tertiary/aromatic N) is 1. The summed E-state index contributed by atoms with van der Waals surface area (Å²) in [7, 11) is 0. The van der Waals surface area contributed by atoms with Crippen molar-refractivity contribution in [2.45, 2.75) is 19.8 Å². The normalized spacial score (nSPS) is 15.4. The van der Waals surface area contributed by atoms with Crippen LogP contribution in [-0.4, -0.2) is 19.0 Å². The molecule has 1 aliphatic rings. The molecule has 5 heteroatoms. The van der Waals surface area contributed by atoms with Crippen molar-refractivity contribution in [3.8, 4) is 0 Å². The third-order valence-corrected chi connectivity index (χ3v) is 4.76. The Morgan fingerprint density at radius 1 is 1.17 bits per heavy atom. The largest absolute Gasteiger partial charge is 0.372 e. The van der Waals surface area contributed by atoms with Crippen LogP contribution in [0.3, 0.4) is 0 Å². The van der Waals surface area contributed by atoms with Crippen LogP contribution in [0.4, 0.5) is 15.8 Å². The minimum atomic E-state index is -0.461. The molecule has 0 unspecified atom stereocenters. The van der Waals surface area contributed by atoms with Gasteiger partial charge in [0.2, 0.25) is 0 Å². The summed E-state index contributed by atoms with van der Waals surface area (Å²) >= 11 is 5.92. The first-order valence-corrected chi connectivity index (χ1v) is 8.52. The predicted molar refractivity (Wildman–Crippen MR) is 96.4 cm³/mol. The molecule has 1 aliphatic heterocycles. The van der Waals surface area contributed by atoms with Crippen molar-refractivity contribution in [1.82, 2.24) is 0 Å². The number of halogens is 2. The number of carbonyl (C=O) groups is 1. The minimum absolute atomic E-state index is 0.103. The highest BCUT2D eigenvalue weighted by Crippen LogP contribution is 2.25. The Balaban J connectivity index is 1.66. The third-order valence-electron chi connectivity index (χ3n) is 4.45. The molecule has 0 saturated carbocycles. The van der Waals surface area contributed by atoms with E-state index in [1.807, 2.05) is 24.3 Å². The quantitative estimate of drug-likeness (QED) is 0.851. The molecule has 2 aromatic rings. The Morgan fingerprint density at radius 3 is 2.46 bits per heavy atom. The number of hydrogen-bond donors (Lipinski definition) is 1. The average Bonchev–Trinajstić information content (AvgIpc) is 2.56. The van der Waals surface area contributed by atoms with Crippen molar-refractivity contribution < 1.29 is 9.18 Å². The summed E-state index contributed by atoms with van der Waals surface area (Å²) in [5.41, 5.74) is 2.11. The first-order valence-electron chi connectivity index (χ1n) is 8.14. The zero-order chi connectivity index (χ0) is 17.1. The zero-order valence-corrected chi connectivity index (χ0v) is 14.3. The summed E-state index contributed by atoms with van der Waals surface area (Å²) in [6.07, 6.45) is 2.42. The fourth-order valence-electron chi connectivity index (χ4n) is 2.89. The van der Waals surface area contributed by atoms with E-state index < -0.39 is 5.82 Å². The summed E-state index contributed by atoms with van der Waals surface area (Å²) in [5.74, 6) is -0.0171.